The molecule has 0 saturated heterocycles. The van der Waals surface area contributed by atoms with Gasteiger partial charge in [-0.25, -0.2) is 9.78 Å². The summed E-state index contributed by atoms with van der Waals surface area (Å²) in [6.45, 7) is 3.66. The van der Waals surface area contributed by atoms with Crippen LogP contribution in [0, 0.1) is 0 Å². The van der Waals surface area contributed by atoms with Crippen LogP contribution in [0.4, 0.5) is 10.5 Å². The van der Waals surface area contributed by atoms with Crippen LogP contribution < -0.4 is 15.4 Å². The summed E-state index contributed by atoms with van der Waals surface area (Å²) in [5, 5.41) is 6.79. The minimum atomic E-state index is -0.224. The minimum absolute atomic E-state index is 0.224. The van der Waals surface area contributed by atoms with Gasteiger partial charge in [-0.1, -0.05) is 85.4 Å². The first kappa shape index (κ1) is 25.4. The third kappa shape index (κ3) is 6.49. The number of methoxy groups -OCH3 is 1. The normalized spacial score (nSPS) is 10.7. The second kappa shape index (κ2) is 12.8. The number of hydrogen-bond acceptors (Lipinski definition) is 4. The number of carbonyl (C=O) groups excluding carboxylic acids is 1. The number of aromatic nitrogens is 2. The number of anilines is 1. The fourth-order valence-electron chi connectivity index (χ4n) is 3.97. The predicted molar refractivity (Wildman–Crippen MR) is 149 cm³/mol. The van der Waals surface area contributed by atoms with E-state index in [0.717, 1.165) is 47.2 Å². The van der Waals surface area contributed by atoms with Crippen LogP contribution in [0.1, 0.15) is 19.8 Å². The van der Waals surface area contributed by atoms with Crippen molar-refractivity contribution >= 4 is 23.5 Å². The van der Waals surface area contributed by atoms with Gasteiger partial charge < -0.3 is 19.9 Å². The molecule has 0 atom stereocenters. The van der Waals surface area contributed by atoms with Gasteiger partial charge in [0.15, 0.2) is 5.16 Å². The number of imidazole rings is 1. The van der Waals surface area contributed by atoms with Gasteiger partial charge in [-0.2, -0.15) is 0 Å². The molecule has 4 aromatic rings. The summed E-state index contributed by atoms with van der Waals surface area (Å²) >= 11 is 1.74. The largest absolute Gasteiger partial charge is 0.497 e. The Morgan fingerprint density at radius 3 is 2.39 bits per heavy atom. The molecule has 6 nitrogen and oxygen atoms in total. The highest BCUT2D eigenvalue weighted by molar-refractivity contribution is 7.99. The van der Waals surface area contributed by atoms with Crippen LogP contribution in [-0.2, 0) is 6.54 Å². The predicted octanol–water partition coefficient (Wildman–Crippen LogP) is 6.94. The van der Waals surface area contributed by atoms with Crippen molar-refractivity contribution in [3.8, 4) is 28.3 Å². The lowest BCUT2D eigenvalue weighted by Gasteiger charge is -2.12. The molecule has 4 rings (SSSR count). The van der Waals surface area contributed by atoms with Crippen LogP contribution in [0.2, 0.25) is 0 Å². The number of ether oxygens (including phenoxy) is 1. The van der Waals surface area contributed by atoms with Crippen molar-refractivity contribution in [2.24, 2.45) is 0 Å². The van der Waals surface area contributed by atoms with E-state index in [0.29, 0.717) is 18.0 Å². The second-order valence-electron chi connectivity index (χ2n) is 8.29. The van der Waals surface area contributed by atoms with Crippen LogP contribution >= 0.6 is 11.8 Å². The Bertz CT molecular complexity index is 1260. The molecular formula is C29H32N4O2S. The lowest BCUT2D eigenvalue weighted by atomic mass is 10.0. The van der Waals surface area contributed by atoms with Crippen molar-refractivity contribution in [3.63, 3.8) is 0 Å². The minimum Gasteiger partial charge on any atom is -0.497 e. The molecule has 0 fully saturated rings. The van der Waals surface area contributed by atoms with Crippen molar-refractivity contribution in [3.05, 3.63) is 84.9 Å². The highest BCUT2D eigenvalue weighted by Crippen LogP contribution is 2.36. The van der Waals surface area contributed by atoms with Crippen molar-refractivity contribution in [1.29, 1.82) is 0 Å². The zero-order valence-electron chi connectivity index (χ0n) is 20.7. The first-order chi connectivity index (χ1) is 17.7. The van der Waals surface area contributed by atoms with Gasteiger partial charge in [-0.05, 0) is 25.0 Å². The summed E-state index contributed by atoms with van der Waals surface area (Å²) in [4.78, 5) is 17.4. The molecule has 1 aromatic heterocycles. The zero-order valence-corrected chi connectivity index (χ0v) is 21.6. The van der Waals surface area contributed by atoms with E-state index >= 15 is 0 Å². The summed E-state index contributed by atoms with van der Waals surface area (Å²) in [5.74, 6) is 1.55. The van der Waals surface area contributed by atoms with Gasteiger partial charge in [0.25, 0.3) is 0 Å². The average molecular weight is 501 g/mol. The fraction of sp³-hybridized carbons (Fsp3) is 0.241. The number of amides is 2. The molecule has 0 unspecified atom stereocenters. The first-order valence-electron chi connectivity index (χ1n) is 12.2. The van der Waals surface area contributed by atoms with Crippen LogP contribution in [0.25, 0.3) is 22.5 Å². The van der Waals surface area contributed by atoms with Gasteiger partial charge in [0.05, 0.1) is 18.5 Å². The Kier molecular flexibility index (Phi) is 9.05. The van der Waals surface area contributed by atoms with Crippen molar-refractivity contribution < 1.29 is 9.53 Å². The van der Waals surface area contributed by atoms with E-state index in [9.17, 15) is 4.79 Å². The number of nitrogens with zero attached hydrogens (tertiary/aromatic N) is 2. The van der Waals surface area contributed by atoms with E-state index < -0.39 is 0 Å². The maximum absolute atomic E-state index is 12.3. The molecule has 186 valence electrons. The highest BCUT2D eigenvalue weighted by Gasteiger charge is 2.19. The molecule has 2 N–H and O–H groups in total. The molecule has 0 spiro atoms. The average Bonchev–Trinajstić information content (AvgIpc) is 3.28. The van der Waals surface area contributed by atoms with Crippen molar-refractivity contribution in [2.75, 3.05) is 24.7 Å². The summed E-state index contributed by atoms with van der Waals surface area (Å²) in [6, 6.07) is 27.9. The van der Waals surface area contributed by atoms with Gasteiger partial charge in [-0.15, -0.1) is 0 Å². The van der Waals surface area contributed by atoms with Gasteiger partial charge >= 0.3 is 6.03 Å². The third-order valence-electron chi connectivity index (χ3n) is 5.64. The molecule has 3 aromatic carbocycles. The number of thioether (sulfide) groups is 1. The van der Waals surface area contributed by atoms with Gasteiger partial charge in [-0.3, -0.25) is 0 Å². The molecule has 0 aliphatic rings. The Morgan fingerprint density at radius 2 is 1.69 bits per heavy atom. The van der Waals surface area contributed by atoms with E-state index in [-0.39, 0.29) is 6.03 Å². The third-order valence-corrected chi connectivity index (χ3v) is 6.70. The molecule has 0 saturated carbocycles. The molecule has 1 heterocycles. The summed E-state index contributed by atoms with van der Waals surface area (Å²) in [6.07, 6.45) is 1.85. The van der Waals surface area contributed by atoms with E-state index in [2.05, 4.69) is 70.7 Å². The molecule has 7 heteroatoms. The SMILES string of the molecule is CCCn1c(SCCCNC(=O)Nc2cccc(OC)c2)nc(-c2ccccc2)c1-c1ccccc1. The Morgan fingerprint density at radius 1 is 0.972 bits per heavy atom. The molecule has 0 radical (unpaired) electrons. The summed E-state index contributed by atoms with van der Waals surface area (Å²) in [7, 11) is 1.61. The first-order valence-corrected chi connectivity index (χ1v) is 13.2. The number of benzene rings is 3. The van der Waals surface area contributed by atoms with Crippen LogP contribution in [0.5, 0.6) is 5.75 Å². The standard InChI is InChI=1S/C29H32N4O2S/c1-3-19-33-27(23-14-8-5-9-15-23)26(22-12-6-4-7-13-22)32-29(33)36-20-11-18-30-28(34)31-24-16-10-17-25(21-24)35-2/h4-10,12-17,21H,3,11,18-20H2,1-2H3,(H2,30,31,34). The van der Waals surface area contributed by atoms with Crippen molar-refractivity contribution in [2.45, 2.75) is 31.5 Å². The van der Waals surface area contributed by atoms with Crippen molar-refractivity contribution in [1.82, 2.24) is 14.9 Å². The Balaban J connectivity index is 1.42. The molecule has 2 amide bonds. The van der Waals surface area contributed by atoms with Gasteiger partial charge in [0, 0.05) is 41.7 Å². The Hall–Kier alpha value is -3.71. The van der Waals surface area contributed by atoms with E-state index in [4.69, 9.17) is 9.72 Å². The van der Waals surface area contributed by atoms with E-state index in [1.165, 1.54) is 5.56 Å². The quantitative estimate of drug-likeness (QED) is 0.173. The smallest absolute Gasteiger partial charge is 0.319 e. The zero-order chi connectivity index (χ0) is 25.2. The van der Waals surface area contributed by atoms with E-state index in [1.54, 1.807) is 24.9 Å². The topological polar surface area (TPSA) is 68.2 Å². The number of hydrogen-bond donors (Lipinski definition) is 2. The lowest BCUT2D eigenvalue weighted by Crippen LogP contribution is -2.29. The summed E-state index contributed by atoms with van der Waals surface area (Å²) in [5.41, 5.74) is 5.14. The number of nitrogens with one attached hydrogen (secondary N) is 2. The number of rotatable bonds is 11. The molecule has 0 bridgehead atoms. The van der Waals surface area contributed by atoms with Crippen LogP contribution in [-0.4, -0.2) is 35.0 Å². The summed E-state index contributed by atoms with van der Waals surface area (Å²) < 4.78 is 7.54. The lowest BCUT2D eigenvalue weighted by molar-refractivity contribution is 0.252. The fourth-order valence-corrected chi connectivity index (χ4v) is 4.94. The molecule has 0 aliphatic carbocycles. The highest BCUT2D eigenvalue weighted by atomic mass is 32.2. The van der Waals surface area contributed by atoms with Crippen LogP contribution in [0.3, 0.4) is 0 Å². The second-order valence-corrected chi connectivity index (χ2v) is 9.35. The van der Waals surface area contributed by atoms with Gasteiger partial charge in [0.1, 0.15) is 5.75 Å². The number of carbonyl (C=O) groups is 1. The molecular weight excluding hydrogens is 468 g/mol. The number of urea groups is 1. The molecule has 0 aliphatic heterocycles. The van der Waals surface area contributed by atoms with E-state index in [1.807, 2.05) is 30.3 Å². The molecule has 36 heavy (non-hydrogen) atoms. The van der Waals surface area contributed by atoms with Crippen LogP contribution in [0.15, 0.2) is 90.1 Å². The van der Waals surface area contributed by atoms with Gasteiger partial charge in [0.2, 0.25) is 0 Å². The maximum Gasteiger partial charge on any atom is 0.319 e. The maximum atomic E-state index is 12.3. The Labute approximate surface area is 217 Å². The monoisotopic (exact) mass is 500 g/mol.